The van der Waals surface area contributed by atoms with Gasteiger partial charge in [0.25, 0.3) is 0 Å². The van der Waals surface area contributed by atoms with Crippen LogP contribution in [-0.4, -0.2) is 50.9 Å². The van der Waals surface area contributed by atoms with E-state index in [9.17, 15) is 0 Å². The first kappa shape index (κ1) is 21.7. The van der Waals surface area contributed by atoms with Crippen molar-refractivity contribution in [2.75, 3.05) is 25.9 Å². The molecule has 9 nitrogen and oxygen atoms in total. The van der Waals surface area contributed by atoms with Crippen molar-refractivity contribution < 1.29 is 4.74 Å². The lowest BCUT2D eigenvalue weighted by Gasteiger charge is -2.29. The summed E-state index contributed by atoms with van der Waals surface area (Å²) >= 11 is 0. The summed E-state index contributed by atoms with van der Waals surface area (Å²) in [5, 5.41) is 0.751. The molecule has 0 amide bonds. The number of anilines is 1. The highest BCUT2D eigenvalue weighted by atomic mass is 16.5. The number of ether oxygens (including phenoxy) is 1. The van der Waals surface area contributed by atoms with Gasteiger partial charge in [0, 0.05) is 49.4 Å². The molecule has 0 radical (unpaired) electrons. The van der Waals surface area contributed by atoms with Gasteiger partial charge in [-0.25, -0.2) is 19.9 Å². The monoisotopic (exact) mass is 454 g/mol. The molecule has 0 unspecified atom stereocenters. The van der Waals surface area contributed by atoms with Crippen molar-refractivity contribution >= 4 is 28.5 Å². The van der Waals surface area contributed by atoms with Crippen molar-refractivity contribution in [2.24, 2.45) is 10.7 Å². The zero-order valence-corrected chi connectivity index (χ0v) is 19.0. The predicted octanol–water partition coefficient (Wildman–Crippen LogP) is 3.11. The maximum atomic E-state index is 6.31. The molecule has 1 aliphatic rings. The van der Waals surface area contributed by atoms with Gasteiger partial charge in [-0.3, -0.25) is 4.90 Å². The maximum Gasteiger partial charge on any atom is 0.222 e. The number of fused-ring (bicyclic) bond motifs is 2. The van der Waals surface area contributed by atoms with Crippen molar-refractivity contribution in [3.05, 3.63) is 66.2 Å². The summed E-state index contributed by atoms with van der Waals surface area (Å²) in [5.41, 5.74) is 17.7. The second kappa shape index (κ2) is 9.40. The van der Waals surface area contributed by atoms with Crippen LogP contribution in [0.25, 0.3) is 22.0 Å². The number of amidine groups is 1. The van der Waals surface area contributed by atoms with Crippen LogP contribution in [0.1, 0.15) is 17.5 Å². The highest BCUT2D eigenvalue weighted by Gasteiger charge is 2.17. The lowest BCUT2D eigenvalue weighted by molar-refractivity contribution is 0.261. The van der Waals surface area contributed by atoms with Crippen LogP contribution in [-0.2, 0) is 13.0 Å². The second-order valence-electron chi connectivity index (χ2n) is 8.25. The van der Waals surface area contributed by atoms with Crippen molar-refractivity contribution in [3.8, 4) is 16.9 Å². The van der Waals surface area contributed by atoms with Crippen LogP contribution in [0.3, 0.4) is 0 Å². The van der Waals surface area contributed by atoms with Crippen LogP contribution in [0.15, 0.2) is 60.1 Å². The highest BCUT2D eigenvalue weighted by molar-refractivity contribution is 5.95. The van der Waals surface area contributed by atoms with Gasteiger partial charge < -0.3 is 16.2 Å². The summed E-state index contributed by atoms with van der Waals surface area (Å²) in [6.45, 7) is 2.65. The smallest absolute Gasteiger partial charge is 0.222 e. The molecule has 0 saturated heterocycles. The minimum absolute atomic E-state index is 0.135. The van der Waals surface area contributed by atoms with E-state index in [0.717, 1.165) is 42.6 Å². The first-order chi connectivity index (χ1) is 16.6. The number of aliphatic imine (C=N–C) groups is 1. The number of benzene rings is 2. The standard InChI is InChI=1S/C25H26N8O/c1-34-21-4-2-3-20-23(21)31-25(27)32-24(20)30-22(26)8-10-33-9-7-16-5-6-17(11-18(16)14-33)19-12-28-15-29-13-19/h2-6,11-13,15H,7-10,14H2,1H3,(H4,26,27,30,31,32). The number of hydrogen-bond donors (Lipinski definition) is 2. The quantitative estimate of drug-likeness (QED) is 0.336. The summed E-state index contributed by atoms with van der Waals surface area (Å²) in [7, 11) is 1.59. The number of rotatable bonds is 6. The molecule has 2 aromatic carbocycles. The average molecular weight is 455 g/mol. The van der Waals surface area contributed by atoms with Gasteiger partial charge in [-0.1, -0.05) is 18.2 Å². The number of nitrogens with two attached hydrogens (primary N) is 2. The van der Waals surface area contributed by atoms with Crippen LogP contribution in [0.2, 0.25) is 0 Å². The fourth-order valence-electron chi connectivity index (χ4n) is 4.28. The molecular weight excluding hydrogens is 428 g/mol. The van der Waals surface area contributed by atoms with Crippen molar-refractivity contribution in [3.63, 3.8) is 0 Å². The predicted molar refractivity (Wildman–Crippen MR) is 133 cm³/mol. The van der Waals surface area contributed by atoms with Gasteiger partial charge in [0.2, 0.25) is 5.95 Å². The largest absolute Gasteiger partial charge is 0.494 e. The van der Waals surface area contributed by atoms with E-state index in [1.165, 1.54) is 11.1 Å². The Labute approximate surface area is 197 Å². The first-order valence-electron chi connectivity index (χ1n) is 11.1. The fraction of sp³-hybridized carbons (Fsp3) is 0.240. The zero-order valence-electron chi connectivity index (χ0n) is 19.0. The fourth-order valence-corrected chi connectivity index (χ4v) is 4.28. The van der Waals surface area contributed by atoms with E-state index in [1.54, 1.807) is 13.4 Å². The first-order valence-corrected chi connectivity index (χ1v) is 11.1. The Hall–Kier alpha value is -4.11. The van der Waals surface area contributed by atoms with Crippen LogP contribution in [0.5, 0.6) is 5.75 Å². The third-order valence-corrected chi connectivity index (χ3v) is 6.03. The third-order valence-electron chi connectivity index (χ3n) is 6.03. The summed E-state index contributed by atoms with van der Waals surface area (Å²) in [4.78, 5) is 23.8. The molecule has 1 aliphatic heterocycles. The normalized spacial score (nSPS) is 14.2. The molecule has 9 heteroatoms. The number of methoxy groups -OCH3 is 1. The number of nitrogens with zero attached hydrogens (tertiary/aromatic N) is 6. The van der Waals surface area contributed by atoms with Crippen LogP contribution < -0.4 is 16.2 Å². The van der Waals surface area contributed by atoms with Gasteiger partial charge in [-0.15, -0.1) is 0 Å². The number of para-hydroxylation sites is 1. The SMILES string of the molecule is COc1cccc2c(N=C(N)CCN3CCc4ccc(-c5cncnc5)cc4C3)nc(N)nc12. The molecular formula is C25H26N8O. The number of hydrogen-bond acceptors (Lipinski definition) is 8. The Morgan fingerprint density at radius 1 is 1.09 bits per heavy atom. The van der Waals surface area contributed by atoms with Gasteiger partial charge in [0.1, 0.15) is 23.4 Å². The Bertz CT molecular complexity index is 1360. The minimum Gasteiger partial charge on any atom is -0.494 e. The summed E-state index contributed by atoms with van der Waals surface area (Å²) in [5.74, 6) is 1.71. The van der Waals surface area contributed by atoms with Crippen LogP contribution in [0, 0.1) is 0 Å². The molecule has 4 N–H and O–H groups in total. The minimum atomic E-state index is 0.135. The molecule has 4 aromatic rings. The average Bonchev–Trinajstić information content (AvgIpc) is 2.87. The molecule has 3 heterocycles. The topological polar surface area (TPSA) is 128 Å². The van der Waals surface area contributed by atoms with E-state index in [2.05, 4.69) is 48.0 Å². The Balaban J connectivity index is 1.30. The van der Waals surface area contributed by atoms with Gasteiger partial charge in [-0.05, 0) is 41.3 Å². The molecule has 0 bridgehead atoms. The Kier molecular flexibility index (Phi) is 6.01. The van der Waals surface area contributed by atoms with Crippen LogP contribution >= 0.6 is 0 Å². The van der Waals surface area contributed by atoms with E-state index in [0.29, 0.717) is 29.3 Å². The van der Waals surface area contributed by atoms with Crippen molar-refractivity contribution in [1.82, 2.24) is 24.8 Å². The third kappa shape index (κ3) is 4.51. The number of aromatic nitrogens is 4. The van der Waals surface area contributed by atoms with Crippen LogP contribution in [0.4, 0.5) is 11.8 Å². The number of nitrogen functional groups attached to an aromatic ring is 1. The lowest BCUT2D eigenvalue weighted by atomic mass is 9.95. The molecule has 0 fully saturated rings. The van der Waals surface area contributed by atoms with E-state index in [-0.39, 0.29) is 5.95 Å². The van der Waals surface area contributed by atoms with Crippen molar-refractivity contribution in [2.45, 2.75) is 19.4 Å². The van der Waals surface area contributed by atoms with Gasteiger partial charge in [0.15, 0.2) is 5.82 Å². The molecule has 172 valence electrons. The van der Waals surface area contributed by atoms with E-state index in [4.69, 9.17) is 16.2 Å². The molecule has 2 aromatic heterocycles. The molecule has 0 atom stereocenters. The highest BCUT2D eigenvalue weighted by Crippen LogP contribution is 2.30. The second-order valence-corrected chi connectivity index (χ2v) is 8.25. The molecule has 34 heavy (non-hydrogen) atoms. The summed E-state index contributed by atoms with van der Waals surface area (Å²) < 4.78 is 5.40. The lowest BCUT2D eigenvalue weighted by Crippen LogP contribution is -2.33. The molecule has 0 spiro atoms. The zero-order chi connectivity index (χ0) is 23.5. The summed E-state index contributed by atoms with van der Waals surface area (Å²) in [6, 6.07) is 12.2. The van der Waals surface area contributed by atoms with Crippen molar-refractivity contribution in [1.29, 1.82) is 0 Å². The molecule has 5 rings (SSSR count). The Morgan fingerprint density at radius 3 is 2.76 bits per heavy atom. The van der Waals surface area contributed by atoms with E-state index in [1.807, 2.05) is 30.6 Å². The van der Waals surface area contributed by atoms with E-state index >= 15 is 0 Å². The van der Waals surface area contributed by atoms with Gasteiger partial charge >= 0.3 is 0 Å². The molecule has 0 saturated carbocycles. The van der Waals surface area contributed by atoms with Gasteiger partial charge in [0.05, 0.1) is 7.11 Å². The molecule has 0 aliphatic carbocycles. The Morgan fingerprint density at radius 2 is 1.94 bits per heavy atom. The summed E-state index contributed by atoms with van der Waals surface area (Å²) in [6.07, 6.45) is 6.85. The van der Waals surface area contributed by atoms with Gasteiger partial charge in [-0.2, -0.15) is 4.98 Å². The van der Waals surface area contributed by atoms with E-state index < -0.39 is 0 Å². The maximum absolute atomic E-state index is 6.31.